The quantitative estimate of drug-likeness (QED) is 0.259. The zero-order valence-corrected chi connectivity index (χ0v) is 19.9. The number of rotatable bonds is 3. The zero-order valence-electron chi connectivity index (χ0n) is 18.3. The number of aromatic nitrogens is 5. The first-order valence-electron chi connectivity index (χ1n) is 10.9. The largest absolute Gasteiger partial charge is 0.251 e. The summed E-state index contributed by atoms with van der Waals surface area (Å²) in [6.45, 7) is 2.07. The first-order chi connectivity index (χ1) is 16.7. The Balaban J connectivity index is 1.76. The molecule has 0 saturated carbocycles. The van der Waals surface area contributed by atoms with Crippen molar-refractivity contribution < 1.29 is 0 Å². The van der Waals surface area contributed by atoms with E-state index >= 15 is 0 Å². The van der Waals surface area contributed by atoms with Crippen molar-refractivity contribution >= 4 is 38.1 Å². The van der Waals surface area contributed by atoms with Gasteiger partial charge >= 0.3 is 0 Å². The van der Waals surface area contributed by atoms with Crippen LogP contribution in [0, 0.1) is 6.92 Å². The van der Waals surface area contributed by atoms with Crippen LogP contribution >= 0.6 is 15.9 Å². The maximum Gasteiger partial charge on any atom is 0.179 e. The predicted octanol–water partition coefficient (Wildman–Crippen LogP) is 7.04. The fraction of sp³-hybridized carbons (Fsp3) is 0.0357. The van der Waals surface area contributed by atoms with Gasteiger partial charge in [-0.05, 0) is 36.2 Å². The highest BCUT2D eigenvalue weighted by atomic mass is 79.9. The van der Waals surface area contributed by atoms with Crippen molar-refractivity contribution in [1.29, 1.82) is 0 Å². The van der Waals surface area contributed by atoms with Crippen molar-refractivity contribution in [1.82, 2.24) is 24.9 Å². The van der Waals surface area contributed by atoms with E-state index in [1.54, 1.807) is 12.4 Å². The van der Waals surface area contributed by atoms with E-state index < -0.39 is 0 Å². The van der Waals surface area contributed by atoms with Crippen molar-refractivity contribution in [2.75, 3.05) is 0 Å². The molecule has 34 heavy (non-hydrogen) atoms. The molecule has 0 saturated heterocycles. The van der Waals surface area contributed by atoms with E-state index in [0.29, 0.717) is 5.65 Å². The molecule has 3 aromatic heterocycles. The minimum atomic E-state index is 0.589. The molecular formula is C28H18BrN5. The van der Waals surface area contributed by atoms with Gasteiger partial charge in [0.25, 0.3) is 0 Å². The lowest BCUT2D eigenvalue weighted by molar-refractivity contribution is 1.19. The van der Waals surface area contributed by atoms with Crippen LogP contribution in [0.2, 0.25) is 0 Å². The SMILES string of the molecule is Cc1c(-c2ccccc2)c(-c2nc3ccc(Br)cc3nc2-c2ccccc2)nc2nccnc12. The van der Waals surface area contributed by atoms with Crippen molar-refractivity contribution in [3.8, 4) is 33.8 Å². The number of halogens is 1. The van der Waals surface area contributed by atoms with E-state index in [1.807, 2.05) is 66.7 Å². The average Bonchev–Trinajstić information content (AvgIpc) is 2.89. The molecule has 0 atom stereocenters. The average molecular weight is 504 g/mol. The smallest absolute Gasteiger partial charge is 0.179 e. The van der Waals surface area contributed by atoms with Crippen LogP contribution in [0.1, 0.15) is 5.56 Å². The van der Waals surface area contributed by atoms with Crippen molar-refractivity contribution in [3.63, 3.8) is 0 Å². The Morgan fingerprint density at radius 1 is 0.618 bits per heavy atom. The Kier molecular flexibility index (Phi) is 5.08. The molecule has 6 rings (SSSR count). The van der Waals surface area contributed by atoms with Gasteiger partial charge in [0.2, 0.25) is 0 Å². The third-order valence-electron chi connectivity index (χ3n) is 5.82. The van der Waals surface area contributed by atoms with E-state index in [4.69, 9.17) is 15.0 Å². The Morgan fingerprint density at radius 2 is 1.29 bits per heavy atom. The molecule has 0 spiro atoms. The molecule has 0 bridgehead atoms. The van der Waals surface area contributed by atoms with E-state index in [1.165, 1.54) is 0 Å². The molecule has 162 valence electrons. The van der Waals surface area contributed by atoms with Crippen LogP contribution in [-0.4, -0.2) is 24.9 Å². The third-order valence-corrected chi connectivity index (χ3v) is 6.32. The highest BCUT2D eigenvalue weighted by molar-refractivity contribution is 9.10. The van der Waals surface area contributed by atoms with Gasteiger partial charge in [0.1, 0.15) is 16.9 Å². The Bertz CT molecular complexity index is 1670. The second kappa shape index (κ2) is 8.39. The van der Waals surface area contributed by atoms with Crippen molar-refractivity contribution in [2.45, 2.75) is 6.92 Å². The van der Waals surface area contributed by atoms with Gasteiger partial charge in [0.15, 0.2) is 5.65 Å². The molecule has 0 N–H and O–H groups in total. The van der Waals surface area contributed by atoms with Crippen LogP contribution < -0.4 is 0 Å². The van der Waals surface area contributed by atoms with Crippen LogP contribution in [0.15, 0.2) is 95.7 Å². The fourth-order valence-corrected chi connectivity index (χ4v) is 4.60. The van der Waals surface area contributed by atoms with Crippen LogP contribution in [-0.2, 0) is 0 Å². The second-order valence-corrected chi connectivity index (χ2v) is 8.89. The van der Waals surface area contributed by atoms with Crippen LogP contribution in [0.3, 0.4) is 0 Å². The Hall–Kier alpha value is -4.03. The van der Waals surface area contributed by atoms with Crippen molar-refractivity contribution in [2.24, 2.45) is 0 Å². The van der Waals surface area contributed by atoms with Gasteiger partial charge < -0.3 is 0 Å². The van der Waals surface area contributed by atoms with E-state index in [2.05, 4.69) is 45.0 Å². The summed E-state index contributed by atoms with van der Waals surface area (Å²) in [5, 5.41) is 0. The van der Waals surface area contributed by atoms with Gasteiger partial charge in [-0.2, -0.15) is 0 Å². The number of benzene rings is 3. The molecule has 3 aromatic carbocycles. The molecule has 6 aromatic rings. The maximum absolute atomic E-state index is 5.10. The van der Waals surface area contributed by atoms with Crippen LogP contribution in [0.5, 0.6) is 0 Å². The van der Waals surface area contributed by atoms with Gasteiger partial charge in [0.05, 0.1) is 16.7 Å². The van der Waals surface area contributed by atoms with E-state index in [9.17, 15) is 0 Å². The number of hydrogen-bond donors (Lipinski definition) is 0. The topological polar surface area (TPSA) is 64.5 Å². The molecule has 5 nitrogen and oxygen atoms in total. The number of fused-ring (bicyclic) bond motifs is 2. The summed E-state index contributed by atoms with van der Waals surface area (Å²) < 4.78 is 0.959. The fourth-order valence-electron chi connectivity index (χ4n) is 4.25. The zero-order chi connectivity index (χ0) is 23.1. The third kappa shape index (κ3) is 3.53. The molecule has 0 fully saturated rings. The normalized spacial score (nSPS) is 11.2. The molecule has 0 amide bonds. The lowest BCUT2D eigenvalue weighted by Crippen LogP contribution is -2.02. The predicted molar refractivity (Wildman–Crippen MR) is 139 cm³/mol. The highest BCUT2D eigenvalue weighted by Gasteiger charge is 2.22. The summed E-state index contributed by atoms with van der Waals surface area (Å²) in [5.41, 5.74) is 9.24. The second-order valence-electron chi connectivity index (χ2n) is 7.97. The van der Waals surface area contributed by atoms with Gasteiger partial charge in [-0.25, -0.2) is 19.9 Å². The Morgan fingerprint density at radius 3 is 2.06 bits per heavy atom. The summed E-state index contributed by atoms with van der Waals surface area (Å²) in [5.74, 6) is 0. The standard InChI is InChI=1S/C28H18BrN5/c1-17-23(18-8-4-2-5-9-18)26(34-28-24(17)30-14-15-31-28)27-25(19-10-6-3-7-11-19)33-22-16-20(29)12-13-21(22)32-27/h2-16H,1H3. The lowest BCUT2D eigenvalue weighted by Gasteiger charge is -2.16. The number of aryl methyl sites for hydroxylation is 1. The summed E-state index contributed by atoms with van der Waals surface area (Å²) in [7, 11) is 0. The van der Waals surface area contributed by atoms with E-state index in [0.717, 1.165) is 60.4 Å². The van der Waals surface area contributed by atoms with Gasteiger partial charge in [-0.3, -0.25) is 4.98 Å². The molecule has 0 aliphatic heterocycles. The van der Waals surface area contributed by atoms with E-state index in [-0.39, 0.29) is 0 Å². The molecular weight excluding hydrogens is 486 g/mol. The molecule has 6 heteroatoms. The molecule has 0 radical (unpaired) electrons. The number of hydrogen-bond acceptors (Lipinski definition) is 5. The summed E-state index contributed by atoms with van der Waals surface area (Å²) >= 11 is 3.56. The van der Waals surface area contributed by atoms with Crippen LogP contribution in [0.25, 0.3) is 56.0 Å². The molecule has 3 heterocycles. The first-order valence-corrected chi connectivity index (χ1v) is 11.7. The molecule has 0 unspecified atom stereocenters. The maximum atomic E-state index is 5.10. The molecule has 0 aliphatic carbocycles. The number of pyridine rings is 1. The summed E-state index contributed by atoms with van der Waals surface area (Å²) in [6.07, 6.45) is 3.37. The number of nitrogens with zero attached hydrogens (tertiary/aromatic N) is 5. The van der Waals surface area contributed by atoms with Gasteiger partial charge in [-0.15, -0.1) is 0 Å². The first kappa shape index (κ1) is 20.6. The minimum absolute atomic E-state index is 0.589. The lowest BCUT2D eigenvalue weighted by atomic mass is 9.94. The highest BCUT2D eigenvalue weighted by Crippen LogP contribution is 2.39. The molecule has 0 aliphatic rings. The van der Waals surface area contributed by atoms with Crippen LogP contribution in [0.4, 0.5) is 0 Å². The monoisotopic (exact) mass is 503 g/mol. The Labute approximate surface area is 204 Å². The van der Waals surface area contributed by atoms with Crippen molar-refractivity contribution in [3.05, 3.63) is 101 Å². The summed E-state index contributed by atoms with van der Waals surface area (Å²) in [4.78, 5) is 24.3. The summed E-state index contributed by atoms with van der Waals surface area (Å²) in [6, 6.07) is 26.3. The minimum Gasteiger partial charge on any atom is -0.251 e. The van der Waals surface area contributed by atoms with Gasteiger partial charge in [0, 0.05) is 28.0 Å². The van der Waals surface area contributed by atoms with Gasteiger partial charge in [-0.1, -0.05) is 76.6 Å².